The second-order valence-electron chi connectivity index (χ2n) is 13.7. The van der Waals surface area contributed by atoms with Gasteiger partial charge in [0.25, 0.3) is 0 Å². The summed E-state index contributed by atoms with van der Waals surface area (Å²) >= 11 is 7.12. The van der Waals surface area contributed by atoms with Gasteiger partial charge in [0.15, 0.2) is 28.4 Å². The van der Waals surface area contributed by atoms with Gasteiger partial charge >= 0.3 is 11.9 Å². The average molecular weight is 563 g/mol. The maximum absolute atomic E-state index is 14.9. The molecule has 0 aromatic heterocycles. The highest BCUT2D eigenvalue weighted by atomic mass is 35.5. The average Bonchev–Trinajstić information content (AvgIpc) is 3.19. The topological polar surface area (TPSA) is 146 Å². The second-order valence-corrected chi connectivity index (χ2v) is 14.4. The summed E-state index contributed by atoms with van der Waals surface area (Å²) < 4.78 is 25.0. The molecule has 0 radical (unpaired) electrons. The molecule has 210 valence electrons. The molecule has 0 aromatic carbocycles. The van der Waals surface area contributed by atoms with Crippen molar-refractivity contribution in [3.8, 4) is 0 Å². The number of aliphatic hydroxyl groups excluding tert-OH is 1. The lowest BCUT2D eigenvalue weighted by Crippen LogP contribution is -2.79. The van der Waals surface area contributed by atoms with Crippen LogP contribution in [0.15, 0.2) is 12.2 Å². The first kappa shape index (κ1) is 24.9. The van der Waals surface area contributed by atoms with Crippen LogP contribution in [0.3, 0.4) is 0 Å². The van der Waals surface area contributed by atoms with E-state index >= 15 is 0 Å². The Morgan fingerprint density at radius 1 is 1.10 bits per heavy atom. The smallest absolute Gasteiger partial charge is 0.342 e. The van der Waals surface area contributed by atoms with Gasteiger partial charge in [-0.1, -0.05) is 19.9 Å². The van der Waals surface area contributed by atoms with Gasteiger partial charge in [0.2, 0.25) is 5.79 Å². The largest absolute Gasteiger partial charge is 0.458 e. The van der Waals surface area contributed by atoms with E-state index in [0.29, 0.717) is 0 Å². The van der Waals surface area contributed by atoms with Crippen molar-refractivity contribution >= 4 is 35.1 Å². The molecule has 2 spiro atoms. The van der Waals surface area contributed by atoms with Crippen LogP contribution in [0, 0.1) is 34.5 Å². The van der Waals surface area contributed by atoms with Crippen LogP contribution in [0.4, 0.5) is 0 Å². The maximum Gasteiger partial charge on any atom is 0.342 e. The van der Waals surface area contributed by atoms with Crippen molar-refractivity contribution in [1.82, 2.24) is 0 Å². The molecule has 1 unspecified atom stereocenters. The van der Waals surface area contributed by atoms with Crippen molar-refractivity contribution < 1.29 is 48.3 Å². The van der Waals surface area contributed by atoms with E-state index < -0.39 is 91.9 Å². The Hall–Kier alpha value is -1.85. The summed E-state index contributed by atoms with van der Waals surface area (Å²) in [7, 11) is 0. The lowest BCUT2D eigenvalue weighted by molar-refractivity contribution is -0.378. The quantitative estimate of drug-likeness (QED) is 0.323. The van der Waals surface area contributed by atoms with Crippen molar-refractivity contribution in [3.05, 3.63) is 12.2 Å². The first-order valence-electron chi connectivity index (χ1n) is 13.8. The number of aliphatic hydroxyl groups is 2. The van der Waals surface area contributed by atoms with Crippen LogP contribution < -0.4 is 0 Å². The molecule has 0 amide bonds. The van der Waals surface area contributed by atoms with E-state index in [4.69, 9.17) is 30.5 Å². The maximum atomic E-state index is 14.9. The van der Waals surface area contributed by atoms with Gasteiger partial charge < -0.3 is 29.2 Å². The van der Waals surface area contributed by atoms with Crippen LogP contribution in [0.25, 0.3) is 0 Å². The number of Topliss-reactive ketones (excluding diaryl/α,β-unsaturated/α-hetero) is 1. The third kappa shape index (κ3) is 2.15. The highest BCUT2D eigenvalue weighted by Crippen LogP contribution is 2.75. The minimum Gasteiger partial charge on any atom is -0.458 e. The lowest BCUT2D eigenvalue weighted by Gasteiger charge is -2.64. The molecule has 5 saturated heterocycles. The fourth-order valence-electron chi connectivity index (χ4n) is 10.5. The van der Waals surface area contributed by atoms with E-state index in [9.17, 15) is 29.4 Å². The zero-order valence-electron chi connectivity index (χ0n) is 21.9. The molecule has 13 atom stereocenters. The fraction of sp³-hybridized carbons (Fsp3) is 0.786. The molecule has 11 heteroatoms. The number of esters is 2. The predicted molar refractivity (Wildman–Crippen MR) is 129 cm³/mol. The number of carbonyl (C=O) groups excluding carboxylic acids is 4. The van der Waals surface area contributed by atoms with E-state index in [-0.39, 0.29) is 44.5 Å². The van der Waals surface area contributed by atoms with E-state index in [1.165, 1.54) is 6.08 Å². The Kier molecular flexibility index (Phi) is 4.23. The number of ketones is 2. The summed E-state index contributed by atoms with van der Waals surface area (Å²) in [5.74, 6) is -7.85. The Bertz CT molecular complexity index is 1330. The molecule has 2 N–H and O–H groups in total. The van der Waals surface area contributed by atoms with Gasteiger partial charge in [0.05, 0.1) is 34.8 Å². The molecular formula is C28H31ClO10. The van der Waals surface area contributed by atoms with Crippen molar-refractivity contribution in [2.75, 3.05) is 6.61 Å². The molecule has 8 aliphatic rings. The van der Waals surface area contributed by atoms with Gasteiger partial charge in [0.1, 0.15) is 6.10 Å². The van der Waals surface area contributed by atoms with E-state index in [1.807, 2.05) is 0 Å². The molecule has 5 heterocycles. The summed E-state index contributed by atoms with van der Waals surface area (Å²) in [5.41, 5.74) is -8.24. The van der Waals surface area contributed by atoms with E-state index in [2.05, 4.69) is 0 Å². The summed E-state index contributed by atoms with van der Waals surface area (Å²) in [6, 6.07) is 0. The summed E-state index contributed by atoms with van der Waals surface area (Å²) in [5, 5.41) is 24.0. The Morgan fingerprint density at radius 2 is 1.85 bits per heavy atom. The molecule has 10 nitrogen and oxygen atoms in total. The zero-order valence-corrected chi connectivity index (χ0v) is 22.7. The van der Waals surface area contributed by atoms with Crippen LogP contribution >= 0.6 is 11.6 Å². The molecule has 0 aromatic rings. The second kappa shape index (κ2) is 6.62. The Labute approximate surface area is 229 Å². The number of fused-ring (bicyclic) bond motifs is 5. The predicted octanol–water partition coefficient (Wildman–Crippen LogP) is 0.969. The van der Waals surface area contributed by atoms with Gasteiger partial charge in [0, 0.05) is 5.92 Å². The molecule has 8 rings (SSSR count). The van der Waals surface area contributed by atoms with Crippen LogP contribution in [0.5, 0.6) is 0 Å². The molecule has 5 bridgehead atoms. The van der Waals surface area contributed by atoms with Gasteiger partial charge in [-0.2, -0.15) is 0 Å². The van der Waals surface area contributed by atoms with Crippen LogP contribution in [-0.4, -0.2) is 80.0 Å². The molecule has 3 aliphatic carbocycles. The van der Waals surface area contributed by atoms with Gasteiger partial charge in [-0.05, 0) is 56.4 Å². The van der Waals surface area contributed by atoms with Crippen molar-refractivity contribution in [1.29, 1.82) is 0 Å². The van der Waals surface area contributed by atoms with Crippen LogP contribution in [0.1, 0.15) is 52.9 Å². The van der Waals surface area contributed by atoms with Gasteiger partial charge in [-0.3, -0.25) is 14.4 Å². The summed E-state index contributed by atoms with van der Waals surface area (Å²) in [6.45, 7) is 4.87. The minimum atomic E-state index is -2.28. The number of alkyl halides is 1. The monoisotopic (exact) mass is 562 g/mol. The van der Waals surface area contributed by atoms with Crippen molar-refractivity contribution in [3.63, 3.8) is 0 Å². The molecular weight excluding hydrogens is 532 g/mol. The highest BCUT2D eigenvalue weighted by Gasteiger charge is 2.93. The van der Waals surface area contributed by atoms with Crippen molar-refractivity contribution in [2.45, 2.75) is 92.5 Å². The lowest BCUT2D eigenvalue weighted by atomic mass is 9.46. The first-order valence-corrected chi connectivity index (χ1v) is 14.2. The number of hydrogen-bond acceptors (Lipinski definition) is 10. The summed E-state index contributed by atoms with van der Waals surface area (Å²) in [4.78, 5) is 54.3. The molecule has 2 saturated carbocycles. The molecule has 5 aliphatic heterocycles. The van der Waals surface area contributed by atoms with Crippen molar-refractivity contribution in [2.24, 2.45) is 34.5 Å². The van der Waals surface area contributed by atoms with Crippen LogP contribution in [0.2, 0.25) is 0 Å². The normalized spacial score (nSPS) is 62.0. The fourth-order valence-corrected chi connectivity index (χ4v) is 10.9. The third-order valence-corrected chi connectivity index (χ3v) is 13.4. The zero-order chi connectivity index (χ0) is 27.8. The number of rotatable bonds is 0. The molecule has 39 heavy (non-hydrogen) atoms. The number of carbonyl (C=O) groups is 4. The SMILES string of the molecule is C[C@]12OC(=O)[C@]3(O)CC[C@H]4[C@@H](C[C@@H](O)[C@@]5(Cl)CC=CC(=O)[C@]45C)[C@]45OCC6C(=O)O[C@@H]1C[C@@]6(C)[C@H](C4=O)[C@@]32O5. The Morgan fingerprint density at radius 3 is 2.59 bits per heavy atom. The standard InChI is InChI=1S/C28H31ClO10/c1-22-10-17-24(3)28-18(22)19(32)27(39-28,36-11-14(22)20(33)37-17)13-9-16(31)25(29)7-4-5-15(30)23(25,2)12(13)6-8-26(28,35)21(34)38-24/h4-5,12-14,16-18,31,35H,6-11H2,1-3H3/t12-,13+,14?,16+,17+,18-,22+,23-,24-,25-,26+,27+,28-/m0/s1. The summed E-state index contributed by atoms with van der Waals surface area (Å²) in [6.07, 6.45) is 1.39. The van der Waals surface area contributed by atoms with Crippen LogP contribution in [-0.2, 0) is 38.1 Å². The van der Waals surface area contributed by atoms with Gasteiger partial charge in [-0.15, -0.1) is 11.6 Å². The number of halogens is 1. The van der Waals surface area contributed by atoms with E-state index in [1.54, 1.807) is 26.8 Å². The van der Waals surface area contributed by atoms with E-state index in [0.717, 1.165) is 0 Å². The minimum absolute atomic E-state index is 0.00137. The number of ether oxygens (including phenoxy) is 4. The highest BCUT2D eigenvalue weighted by molar-refractivity contribution is 6.28. The van der Waals surface area contributed by atoms with Gasteiger partial charge in [-0.25, -0.2) is 4.79 Å². The number of allylic oxidation sites excluding steroid dienone is 2. The molecule has 7 fully saturated rings. The first-order chi connectivity index (χ1) is 18.2. The third-order valence-electron chi connectivity index (χ3n) is 12.6. The number of hydrogen-bond donors (Lipinski definition) is 2. The Balaban J connectivity index is 1.43.